The number of imidazole rings is 1. The van der Waals surface area contributed by atoms with Gasteiger partial charge in [-0.15, -0.1) is 0 Å². The van der Waals surface area contributed by atoms with E-state index < -0.39 is 5.97 Å². The van der Waals surface area contributed by atoms with Gasteiger partial charge in [0.25, 0.3) is 0 Å². The average molecular weight is 147 g/mol. The Morgan fingerprint density at radius 2 is 2.56 bits per heavy atom. The summed E-state index contributed by atoms with van der Waals surface area (Å²) in [6.45, 7) is 0. The summed E-state index contributed by atoms with van der Waals surface area (Å²) in [7, 11) is 0. The van der Waals surface area contributed by atoms with E-state index in [2.05, 4.69) is 9.97 Å². The highest BCUT2D eigenvalue weighted by molar-refractivity contribution is 6.32. The van der Waals surface area contributed by atoms with Crippen LogP contribution in [0.25, 0.3) is 0 Å². The molecule has 1 heterocycles. The number of halogens is 1. The number of nitrogens with one attached hydrogen (secondary N) is 1. The maximum atomic E-state index is 10.1. The molecule has 0 aliphatic rings. The molecule has 0 atom stereocenters. The van der Waals surface area contributed by atoms with Crippen molar-refractivity contribution >= 4 is 17.6 Å². The minimum Gasteiger partial charge on any atom is -0.476 e. The van der Waals surface area contributed by atoms with Gasteiger partial charge in [-0.3, -0.25) is 0 Å². The first-order valence-electron chi connectivity index (χ1n) is 2.14. The molecule has 0 unspecified atom stereocenters. The van der Waals surface area contributed by atoms with E-state index in [4.69, 9.17) is 16.7 Å². The van der Waals surface area contributed by atoms with Crippen molar-refractivity contribution in [2.75, 3.05) is 0 Å². The van der Waals surface area contributed by atoms with E-state index in [1.54, 1.807) is 0 Å². The molecule has 0 saturated heterocycles. The number of carbonyl (C=O) groups is 1. The molecule has 48 valence electrons. The van der Waals surface area contributed by atoms with Crippen molar-refractivity contribution in [2.45, 2.75) is 0 Å². The number of aromatic nitrogens is 2. The number of aromatic carboxylic acids is 1. The van der Waals surface area contributed by atoms with Gasteiger partial charge >= 0.3 is 5.97 Å². The van der Waals surface area contributed by atoms with Crippen LogP contribution in [0, 0.1) is 0 Å². The van der Waals surface area contributed by atoms with Gasteiger partial charge in [0.05, 0.1) is 6.33 Å². The number of H-pyrrole nitrogens is 1. The molecule has 0 saturated carbocycles. The molecule has 1 aromatic heterocycles. The molecule has 4 nitrogen and oxygen atoms in total. The third-order valence-corrected chi connectivity index (χ3v) is 1.08. The first kappa shape index (κ1) is 6.10. The quantitative estimate of drug-likeness (QED) is 0.615. The van der Waals surface area contributed by atoms with Gasteiger partial charge in [0.15, 0.2) is 5.69 Å². The van der Waals surface area contributed by atoms with Crippen molar-refractivity contribution in [3.8, 4) is 0 Å². The standard InChI is InChI=1S/C4H3ClN2O2/c5-3-2(4(8)9)6-1-7-3/h1H,(H,6,7)(H,8,9). The zero-order valence-corrected chi connectivity index (χ0v) is 5.01. The summed E-state index contributed by atoms with van der Waals surface area (Å²) in [4.78, 5) is 16.0. The SMILES string of the molecule is O=C(O)c1nc[nH]c1Cl. The minimum absolute atomic E-state index is 0.0579. The van der Waals surface area contributed by atoms with Crippen molar-refractivity contribution in [2.24, 2.45) is 0 Å². The fourth-order valence-electron chi connectivity index (χ4n) is 0.428. The zero-order valence-electron chi connectivity index (χ0n) is 4.26. The molecule has 9 heavy (non-hydrogen) atoms. The van der Waals surface area contributed by atoms with E-state index >= 15 is 0 Å². The van der Waals surface area contributed by atoms with Gasteiger partial charge in [0.1, 0.15) is 5.15 Å². The second-order valence-electron chi connectivity index (χ2n) is 1.37. The van der Waals surface area contributed by atoms with Crippen LogP contribution in [-0.2, 0) is 0 Å². The van der Waals surface area contributed by atoms with Crippen LogP contribution in [-0.4, -0.2) is 21.0 Å². The summed E-state index contributed by atoms with van der Waals surface area (Å²) < 4.78 is 0. The number of hydrogen-bond acceptors (Lipinski definition) is 2. The molecule has 0 bridgehead atoms. The number of nitrogens with zero attached hydrogens (tertiary/aromatic N) is 1. The highest BCUT2D eigenvalue weighted by Crippen LogP contribution is 2.07. The molecular weight excluding hydrogens is 144 g/mol. The Kier molecular flexibility index (Phi) is 1.40. The average Bonchev–Trinajstić information content (AvgIpc) is 2.13. The van der Waals surface area contributed by atoms with Crippen LogP contribution in [0.1, 0.15) is 10.5 Å². The summed E-state index contributed by atoms with van der Waals surface area (Å²) in [6, 6.07) is 0. The van der Waals surface area contributed by atoms with E-state index in [0.29, 0.717) is 0 Å². The van der Waals surface area contributed by atoms with E-state index in [-0.39, 0.29) is 10.8 Å². The van der Waals surface area contributed by atoms with Gasteiger partial charge in [0.2, 0.25) is 0 Å². The summed E-state index contributed by atoms with van der Waals surface area (Å²) >= 11 is 5.34. The Morgan fingerprint density at radius 3 is 2.78 bits per heavy atom. The predicted molar refractivity (Wildman–Crippen MR) is 30.6 cm³/mol. The monoisotopic (exact) mass is 146 g/mol. The first-order chi connectivity index (χ1) is 4.22. The molecule has 0 aliphatic heterocycles. The lowest BCUT2D eigenvalue weighted by Gasteiger charge is -1.82. The van der Waals surface area contributed by atoms with Crippen LogP contribution in [0.3, 0.4) is 0 Å². The topological polar surface area (TPSA) is 66.0 Å². The fourth-order valence-corrected chi connectivity index (χ4v) is 0.606. The molecule has 0 fully saturated rings. The second-order valence-corrected chi connectivity index (χ2v) is 1.75. The lowest BCUT2D eigenvalue weighted by atomic mass is 10.5. The fraction of sp³-hybridized carbons (Fsp3) is 0. The Balaban J connectivity index is 3.08. The summed E-state index contributed by atoms with van der Waals surface area (Å²) in [5.74, 6) is -1.12. The smallest absolute Gasteiger partial charge is 0.357 e. The third kappa shape index (κ3) is 1.02. The largest absolute Gasteiger partial charge is 0.476 e. The number of hydrogen-bond donors (Lipinski definition) is 2. The molecule has 1 aromatic rings. The predicted octanol–water partition coefficient (Wildman–Crippen LogP) is 0.761. The van der Waals surface area contributed by atoms with Crippen LogP contribution in [0.15, 0.2) is 6.33 Å². The van der Waals surface area contributed by atoms with Crippen LogP contribution in [0.2, 0.25) is 5.15 Å². The minimum atomic E-state index is -1.12. The van der Waals surface area contributed by atoms with Gasteiger partial charge in [-0.1, -0.05) is 11.6 Å². The maximum Gasteiger partial charge on any atom is 0.357 e. The van der Waals surface area contributed by atoms with E-state index in [0.717, 1.165) is 0 Å². The summed E-state index contributed by atoms with van der Waals surface area (Å²) in [5, 5.41) is 8.35. The molecule has 1 rings (SSSR count). The summed E-state index contributed by atoms with van der Waals surface area (Å²) in [6.07, 6.45) is 1.23. The zero-order chi connectivity index (χ0) is 6.85. The lowest BCUT2D eigenvalue weighted by Crippen LogP contribution is -1.96. The molecule has 5 heteroatoms. The van der Waals surface area contributed by atoms with Gasteiger partial charge in [-0.2, -0.15) is 0 Å². The number of carboxylic acids is 1. The molecule has 2 N–H and O–H groups in total. The van der Waals surface area contributed by atoms with Gasteiger partial charge < -0.3 is 10.1 Å². The van der Waals surface area contributed by atoms with Crippen molar-refractivity contribution in [1.82, 2.24) is 9.97 Å². The number of aromatic amines is 1. The summed E-state index contributed by atoms with van der Waals surface area (Å²) in [5.41, 5.74) is -0.142. The second kappa shape index (κ2) is 2.06. The molecule has 0 spiro atoms. The highest BCUT2D eigenvalue weighted by Gasteiger charge is 2.09. The Labute approximate surface area is 55.5 Å². The Hall–Kier alpha value is -1.03. The maximum absolute atomic E-state index is 10.1. The van der Waals surface area contributed by atoms with Crippen LogP contribution < -0.4 is 0 Å². The van der Waals surface area contributed by atoms with Gasteiger partial charge in [-0.25, -0.2) is 9.78 Å². The Morgan fingerprint density at radius 1 is 1.89 bits per heavy atom. The van der Waals surface area contributed by atoms with Crippen molar-refractivity contribution in [1.29, 1.82) is 0 Å². The van der Waals surface area contributed by atoms with Crippen molar-refractivity contribution in [3.05, 3.63) is 17.2 Å². The third-order valence-electron chi connectivity index (χ3n) is 0.795. The van der Waals surface area contributed by atoms with Crippen LogP contribution >= 0.6 is 11.6 Å². The van der Waals surface area contributed by atoms with Crippen LogP contribution in [0.5, 0.6) is 0 Å². The molecule has 0 aliphatic carbocycles. The van der Waals surface area contributed by atoms with Crippen LogP contribution in [0.4, 0.5) is 0 Å². The normalized spacial score (nSPS) is 9.44. The molecule has 0 aromatic carbocycles. The highest BCUT2D eigenvalue weighted by atomic mass is 35.5. The van der Waals surface area contributed by atoms with Crippen molar-refractivity contribution < 1.29 is 9.90 Å². The van der Waals surface area contributed by atoms with E-state index in [1.807, 2.05) is 0 Å². The van der Waals surface area contributed by atoms with E-state index in [1.165, 1.54) is 6.33 Å². The molecule has 0 radical (unpaired) electrons. The Bertz CT molecular complexity index is 232. The van der Waals surface area contributed by atoms with Gasteiger partial charge in [-0.05, 0) is 0 Å². The number of carboxylic acid groups (broad SMARTS) is 1. The van der Waals surface area contributed by atoms with Gasteiger partial charge in [0, 0.05) is 0 Å². The van der Waals surface area contributed by atoms with Crippen molar-refractivity contribution in [3.63, 3.8) is 0 Å². The number of rotatable bonds is 1. The molecule has 0 amide bonds. The first-order valence-corrected chi connectivity index (χ1v) is 2.52. The molecular formula is C4H3ClN2O2. The lowest BCUT2D eigenvalue weighted by molar-refractivity contribution is 0.0691. The van der Waals surface area contributed by atoms with E-state index in [9.17, 15) is 4.79 Å².